The van der Waals surface area contributed by atoms with Crippen LogP contribution >= 0.6 is 0 Å². The number of rotatable bonds is 7. The number of benzene rings is 1. The predicted octanol–water partition coefficient (Wildman–Crippen LogP) is 4.34. The van der Waals surface area contributed by atoms with Crippen LogP contribution in [-0.4, -0.2) is 36.6 Å². The summed E-state index contributed by atoms with van der Waals surface area (Å²) in [6.45, 7) is 8.08. The quantitative estimate of drug-likeness (QED) is 0.719. The molecule has 1 N–H and O–H groups in total. The average Bonchev–Trinajstić information content (AvgIpc) is 2.52. The zero-order valence-electron chi connectivity index (χ0n) is 16.0. The summed E-state index contributed by atoms with van der Waals surface area (Å²) >= 11 is 0. The molecule has 4 nitrogen and oxygen atoms in total. The Morgan fingerprint density at radius 3 is 2.23 bits per heavy atom. The van der Waals surface area contributed by atoms with Gasteiger partial charge >= 0.3 is 12.1 Å². The highest BCUT2D eigenvalue weighted by Crippen LogP contribution is 2.45. The molecule has 0 bridgehead atoms. The summed E-state index contributed by atoms with van der Waals surface area (Å²) in [5.74, 6) is -1.15. The molecule has 1 rings (SSSR count). The summed E-state index contributed by atoms with van der Waals surface area (Å²) in [5.41, 5.74) is -3.50. The largest absolute Gasteiger partial charge is 0.496 e. The lowest BCUT2D eigenvalue weighted by Gasteiger charge is -2.37. The molecule has 1 unspecified atom stereocenters. The van der Waals surface area contributed by atoms with Crippen molar-refractivity contribution < 1.29 is 32.5 Å². The van der Waals surface area contributed by atoms with Crippen LogP contribution in [0.4, 0.5) is 13.2 Å². The monoisotopic (exact) mass is 376 g/mol. The second kappa shape index (κ2) is 7.86. The number of alkyl halides is 3. The van der Waals surface area contributed by atoms with Gasteiger partial charge in [-0.1, -0.05) is 45.9 Å². The summed E-state index contributed by atoms with van der Waals surface area (Å²) in [6.07, 6.45) is -6.06. The lowest BCUT2D eigenvalue weighted by atomic mass is 9.73. The molecule has 0 saturated carbocycles. The van der Waals surface area contributed by atoms with Crippen molar-refractivity contribution in [2.75, 3.05) is 13.7 Å². The fourth-order valence-corrected chi connectivity index (χ4v) is 3.04. The zero-order valence-corrected chi connectivity index (χ0v) is 16.0. The Morgan fingerprint density at radius 1 is 1.23 bits per heavy atom. The molecule has 0 radical (unpaired) electrons. The lowest BCUT2D eigenvalue weighted by molar-refractivity contribution is -0.267. The van der Waals surface area contributed by atoms with Crippen LogP contribution in [0.25, 0.3) is 0 Å². The van der Waals surface area contributed by atoms with Crippen molar-refractivity contribution in [3.05, 3.63) is 29.3 Å². The Kier molecular flexibility index (Phi) is 6.74. The maximum absolute atomic E-state index is 13.5. The number of para-hydroxylation sites is 1. The zero-order chi connectivity index (χ0) is 20.3. The molecule has 148 valence electrons. The van der Waals surface area contributed by atoms with Crippen molar-refractivity contribution >= 4 is 5.97 Å². The van der Waals surface area contributed by atoms with Crippen LogP contribution < -0.4 is 4.74 Å². The molecule has 7 heteroatoms. The Morgan fingerprint density at radius 2 is 1.81 bits per heavy atom. The summed E-state index contributed by atoms with van der Waals surface area (Å²) in [5, 5.41) is 10.2. The molecular formula is C19H27F3O4. The van der Waals surface area contributed by atoms with Gasteiger partial charge in [0.05, 0.1) is 13.7 Å². The van der Waals surface area contributed by atoms with E-state index in [1.54, 1.807) is 12.1 Å². The predicted molar refractivity (Wildman–Crippen MR) is 92.4 cm³/mol. The van der Waals surface area contributed by atoms with Gasteiger partial charge in [-0.3, -0.25) is 0 Å². The van der Waals surface area contributed by atoms with Crippen molar-refractivity contribution in [3.8, 4) is 5.75 Å². The van der Waals surface area contributed by atoms with Crippen LogP contribution in [0.5, 0.6) is 5.75 Å². The Bertz CT molecular complexity index is 638. The maximum Gasteiger partial charge on any atom is 0.428 e. The fraction of sp³-hybridized carbons (Fsp3) is 0.632. The topological polar surface area (TPSA) is 55.8 Å². The highest BCUT2D eigenvalue weighted by molar-refractivity contribution is 5.80. The molecule has 26 heavy (non-hydrogen) atoms. The maximum atomic E-state index is 13.5. The minimum atomic E-state index is -5.17. The molecule has 0 aromatic heterocycles. The van der Waals surface area contributed by atoms with Crippen molar-refractivity contribution in [1.29, 1.82) is 0 Å². The van der Waals surface area contributed by atoms with Crippen LogP contribution in [-0.2, 0) is 14.9 Å². The number of carbonyl (C=O) groups is 1. The first-order valence-corrected chi connectivity index (χ1v) is 8.45. The van der Waals surface area contributed by atoms with E-state index < -0.39 is 29.6 Å². The van der Waals surface area contributed by atoms with Crippen LogP contribution in [0.1, 0.15) is 58.1 Å². The van der Waals surface area contributed by atoms with E-state index in [9.17, 15) is 23.1 Å². The highest BCUT2D eigenvalue weighted by atomic mass is 19.4. The molecule has 0 fully saturated rings. The van der Waals surface area contributed by atoms with Crippen LogP contribution in [0.3, 0.4) is 0 Å². The minimum Gasteiger partial charge on any atom is -0.496 e. The van der Waals surface area contributed by atoms with Gasteiger partial charge in [-0.15, -0.1) is 0 Å². The molecule has 0 aliphatic carbocycles. The normalized spacial score (nSPS) is 14.9. The van der Waals surface area contributed by atoms with E-state index in [2.05, 4.69) is 4.74 Å². The fourth-order valence-electron chi connectivity index (χ4n) is 3.04. The summed E-state index contributed by atoms with van der Waals surface area (Å²) in [6, 6.07) is 5.21. The van der Waals surface area contributed by atoms with Gasteiger partial charge in [-0.25, -0.2) is 4.79 Å². The van der Waals surface area contributed by atoms with Gasteiger partial charge in [0.2, 0.25) is 0 Å². The number of carbonyl (C=O) groups excluding carboxylic acids is 1. The molecule has 1 aromatic rings. The second-order valence-electron chi connectivity index (χ2n) is 7.22. The van der Waals surface area contributed by atoms with E-state index >= 15 is 0 Å². The number of aliphatic hydroxyl groups is 1. The second-order valence-corrected chi connectivity index (χ2v) is 7.22. The van der Waals surface area contributed by atoms with E-state index in [0.717, 1.165) is 5.56 Å². The van der Waals surface area contributed by atoms with Gasteiger partial charge in [-0.2, -0.15) is 13.2 Å². The van der Waals surface area contributed by atoms with Gasteiger partial charge in [-0.05, 0) is 23.8 Å². The van der Waals surface area contributed by atoms with Gasteiger partial charge in [0, 0.05) is 12.0 Å². The standard InChI is InChI=1S/C19H27F3O4/c1-7-26-16(23)18(24,19(20,21)22)11-17(4,5)14-10-8-9-13(12(2)3)15(14)25-6/h8-10,12,24H,7,11H2,1-6H3. The Balaban J connectivity index is 3.45. The first-order valence-electron chi connectivity index (χ1n) is 8.45. The molecule has 0 aliphatic heterocycles. The van der Waals surface area contributed by atoms with Crippen molar-refractivity contribution in [2.24, 2.45) is 0 Å². The van der Waals surface area contributed by atoms with Crippen molar-refractivity contribution in [3.63, 3.8) is 0 Å². The third kappa shape index (κ3) is 4.31. The van der Waals surface area contributed by atoms with E-state index in [-0.39, 0.29) is 12.5 Å². The third-order valence-corrected chi connectivity index (χ3v) is 4.38. The van der Waals surface area contributed by atoms with Gasteiger partial charge < -0.3 is 14.6 Å². The smallest absolute Gasteiger partial charge is 0.428 e. The molecule has 1 aromatic carbocycles. The number of hydrogen-bond donors (Lipinski definition) is 1. The van der Waals surface area contributed by atoms with Gasteiger partial charge in [0.1, 0.15) is 5.75 Å². The van der Waals surface area contributed by atoms with E-state index in [4.69, 9.17) is 4.74 Å². The molecule has 0 aliphatic rings. The lowest BCUT2D eigenvalue weighted by Crippen LogP contribution is -2.55. The van der Waals surface area contributed by atoms with Crippen molar-refractivity contribution in [1.82, 2.24) is 0 Å². The van der Waals surface area contributed by atoms with E-state index in [0.29, 0.717) is 11.3 Å². The number of halogens is 3. The molecule has 0 spiro atoms. The first kappa shape index (κ1) is 22.3. The molecular weight excluding hydrogens is 349 g/mol. The van der Waals surface area contributed by atoms with Crippen LogP contribution in [0, 0.1) is 0 Å². The number of hydrogen-bond acceptors (Lipinski definition) is 4. The third-order valence-electron chi connectivity index (χ3n) is 4.38. The molecule has 0 amide bonds. The van der Waals surface area contributed by atoms with Gasteiger partial charge in [0.25, 0.3) is 5.60 Å². The van der Waals surface area contributed by atoms with Crippen molar-refractivity contribution in [2.45, 2.75) is 64.1 Å². The Hall–Kier alpha value is -1.76. The average molecular weight is 376 g/mol. The number of esters is 1. The summed E-state index contributed by atoms with van der Waals surface area (Å²) in [7, 11) is 1.45. The Labute approximate surface area is 152 Å². The van der Waals surface area contributed by atoms with Gasteiger partial charge in [0.15, 0.2) is 0 Å². The SMILES string of the molecule is CCOC(=O)C(O)(CC(C)(C)c1cccc(C(C)C)c1OC)C(F)(F)F. The summed E-state index contributed by atoms with van der Waals surface area (Å²) < 4.78 is 50.5. The van der Waals surface area contributed by atoms with E-state index in [1.165, 1.54) is 27.9 Å². The molecule has 1 atom stereocenters. The number of ether oxygens (including phenoxy) is 2. The molecule has 0 saturated heterocycles. The number of methoxy groups -OCH3 is 1. The summed E-state index contributed by atoms with van der Waals surface area (Å²) in [4.78, 5) is 11.9. The van der Waals surface area contributed by atoms with Crippen LogP contribution in [0.15, 0.2) is 18.2 Å². The minimum absolute atomic E-state index is 0.0901. The highest BCUT2D eigenvalue weighted by Gasteiger charge is 2.62. The van der Waals surface area contributed by atoms with E-state index in [1.807, 2.05) is 19.9 Å². The molecule has 0 heterocycles. The first-order chi connectivity index (χ1) is 11.8. The van der Waals surface area contributed by atoms with Crippen LogP contribution in [0.2, 0.25) is 0 Å².